The van der Waals surface area contributed by atoms with Crippen molar-refractivity contribution in [1.29, 1.82) is 0 Å². The predicted molar refractivity (Wildman–Crippen MR) is 43.2 cm³/mol. The molecule has 1 fully saturated rings. The first-order chi connectivity index (χ1) is 5.29. The molecule has 2 heteroatoms. The standard InChI is InChI=1S/C9H13NO/c1-6(10)7-5-8(7)9-3-2-4-11-9/h2-4,6-8H,5,10H2,1H3/t6-,7+,8+/m0/s1. The minimum atomic E-state index is 0.310. The molecule has 3 atom stereocenters. The second-order valence-corrected chi connectivity index (χ2v) is 3.38. The van der Waals surface area contributed by atoms with E-state index in [-0.39, 0.29) is 0 Å². The maximum atomic E-state index is 5.75. The molecule has 1 saturated carbocycles. The Morgan fingerprint density at radius 1 is 1.73 bits per heavy atom. The third-order valence-electron chi connectivity index (χ3n) is 2.42. The highest BCUT2D eigenvalue weighted by molar-refractivity contribution is 5.16. The zero-order valence-electron chi connectivity index (χ0n) is 6.66. The summed E-state index contributed by atoms with van der Waals surface area (Å²) in [7, 11) is 0. The molecule has 2 rings (SSSR count). The summed E-state index contributed by atoms with van der Waals surface area (Å²) < 4.78 is 5.28. The largest absolute Gasteiger partial charge is 0.469 e. The van der Waals surface area contributed by atoms with E-state index in [0.29, 0.717) is 17.9 Å². The van der Waals surface area contributed by atoms with E-state index in [9.17, 15) is 0 Å². The summed E-state index contributed by atoms with van der Waals surface area (Å²) in [6.07, 6.45) is 2.93. The Labute approximate surface area is 66.4 Å². The monoisotopic (exact) mass is 151 g/mol. The van der Waals surface area contributed by atoms with E-state index in [2.05, 4.69) is 6.92 Å². The Hall–Kier alpha value is -0.760. The van der Waals surface area contributed by atoms with Crippen LogP contribution in [0, 0.1) is 5.92 Å². The van der Waals surface area contributed by atoms with Crippen molar-refractivity contribution < 1.29 is 4.42 Å². The SMILES string of the molecule is C[C@H](N)[C@H]1C[C@H]1c1ccco1. The summed E-state index contributed by atoms with van der Waals surface area (Å²) in [6.45, 7) is 2.06. The molecule has 0 bridgehead atoms. The van der Waals surface area contributed by atoms with Crippen molar-refractivity contribution in [3.63, 3.8) is 0 Å². The average Bonchev–Trinajstić information content (AvgIpc) is 2.60. The molecule has 1 aromatic rings. The first-order valence-electron chi connectivity index (χ1n) is 4.08. The van der Waals surface area contributed by atoms with Gasteiger partial charge in [-0.05, 0) is 31.4 Å². The molecular formula is C9H13NO. The molecule has 2 nitrogen and oxygen atoms in total. The molecule has 0 radical (unpaired) electrons. The van der Waals surface area contributed by atoms with E-state index < -0.39 is 0 Å². The van der Waals surface area contributed by atoms with Crippen LogP contribution >= 0.6 is 0 Å². The van der Waals surface area contributed by atoms with Crippen LogP contribution in [0.4, 0.5) is 0 Å². The molecule has 0 aliphatic heterocycles. The summed E-state index contributed by atoms with van der Waals surface area (Å²) in [4.78, 5) is 0. The Bertz CT molecular complexity index is 228. The molecule has 1 aliphatic rings. The summed E-state index contributed by atoms with van der Waals surface area (Å²) >= 11 is 0. The van der Waals surface area contributed by atoms with Gasteiger partial charge in [-0.3, -0.25) is 0 Å². The molecule has 60 valence electrons. The van der Waals surface area contributed by atoms with E-state index in [1.807, 2.05) is 12.1 Å². The summed E-state index contributed by atoms with van der Waals surface area (Å²) in [5, 5.41) is 0. The van der Waals surface area contributed by atoms with Crippen molar-refractivity contribution >= 4 is 0 Å². The Morgan fingerprint density at radius 2 is 2.55 bits per heavy atom. The van der Waals surface area contributed by atoms with Gasteiger partial charge >= 0.3 is 0 Å². The number of rotatable bonds is 2. The van der Waals surface area contributed by atoms with Crippen LogP contribution in [0.15, 0.2) is 22.8 Å². The Morgan fingerprint density at radius 3 is 3.00 bits per heavy atom. The topological polar surface area (TPSA) is 39.2 Å². The van der Waals surface area contributed by atoms with Gasteiger partial charge in [0.25, 0.3) is 0 Å². The zero-order chi connectivity index (χ0) is 7.84. The van der Waals surface area contributed by atoms with E-state index >= 15 is 0 Å². The van der Waals surface area contributed by atoms with Gasteiger partial charge in [0.15, 0.2) is 0 Å². The molecule has 0 amide bonds. The lowest BCUT2D eigenvalue weighted by Gasteiger charge is -2.00. The first kappa shape index (κ1) is 6.92. The lowest BCUT2D eigenvalue weighted by atomic mass is 10.2. The molecular weight excluding hydrogens is 138 g/mol. The van der Waals surface area contributed by atoms with Crippen LogP contribution in [0.5, 0.6) is 0 Å². The van der Waals surface area contributed by atoms with Crippen molar-refractivity contribution in [2.45, 2.75) is 25.3 Å². The number of furan rings is 1. The molecule has 11 heavy (non-hydrogen) atoms. The lowest BCUT2D eigenvalue weighted by molar-refractivity contribution is 0.493. The molecule has 2 N–H and O–H groups in total. The van der Waals surface area contributed by atoms with Gasteiger partial charge in [-0.2, -0.15) is 0 Å². The highest BCUT2D eigenvalue weighted by atomic mass is 16.3. The van der Waals surface area contributed by atoms with Crippen LogP contribution in [0.1, 0.15) is 25.0 Å². The van der Waals surface area contributed by atoms with Crippen molar-refractivity contribution in [3.05, 3.63) is 24.2 Å². The van der Waals surface area contributed by atoms with Gasteiger partial charge in [0.2, 0.25) is 0 Å². The van der Waals surface area contributed by atoms with Crippen LogP contribution in [0.2, 0.25) is 0 Å². The van der Waals surface area contributed by atoms with E-state index in [1.54, 1.807) is 6.26 Å². The van der Waals surface area contributed by atoms with Crippen LogP contribution < -0.4 is 5.73 Å². The molecule has 1 aromatic heterocycles. The number of hydrogen-bond donors (Lipinski definition) is 1. The molecule has 1 heterocycles. The lowest BCUT2D eigenvalue weighted by Crippen LogP contribution is -2.17. The Balaban J connectivity index is 2.02. The first-order valence-corrected chi connectivity index (χ1v) is 4.08. The third kappa shape index (κ3) is 1.18. The second kappa shape index (κ2) is 2.38. The van der Waals surface area contributed by atoms with E-state index in [1.165, 1.54) is 6.42 Å². The molecule has 0 aromatic carbocycles. The number of hydrogen-bond acceptors (Lipinski definition) is 2. The van der Waals surface area contributed by atoms with Crippen molar-refractivity contribution in [2.24, 2.45) is 11.7 Å². The fraction of sp³-hybridized carbons (Fsp3) is 0.556. The van der Waals surface area contributed by atoms with E-state index in [0.717, 1.165) is 5.76 Å². The minimum absolute atomic E-state index is 0.310. The third-order valence-corrected chi connectivity index (χ3v) is 2.42. The normalized spacial score (nSPS) is 31.8. The molecule has 1 aliphatic carbocycles. The van der Waals surface area contributed by atoms with Crippen LogP contribution in [-0.4, -0.2) is 6.04 Å². The van der Waals surface area contributed by atoms with Gasteiger partial charge in [0.05, 0.1) is 6.26 Å². The average molecular weight is 151 g/mol. The fourth-order valence-electron chi connectivity index (χ4n) is 1.63. The van der Waals surface area contributed by atoms with Crippen molar-refractivity contribution in [3.8, 4) is 0 Å². The second-order valence-electron chi connectivity index (χ2n) is 3.38. The Kier molecular flexibility index (Phi) is 1.50. The van der Waals surface area contributed by atoms with Gasteiger partial charge in [-0.25, -0.2) is 0 Å². The maximum absolute atomic E-state index is 5.75. The fourth-order valence-corrected chi connectivity index (χ4v) is 1.63. The van der Waals surface area contributed by atoms with Gasteiger partial charge < -0.3 is 10.2 Å². The van der Waals surface area contributed by atoms with Crippen molar-refractivity contribution in [1.82, 2.24) is 0 Å². The van der Waals surface area contributed by atoms with E-state index in [4.69, 9.17) is 10.2 Å². The summed E-state index contributed by atoms with van der Waals surface area (Å²) in [5.41, 5.74) is 5.75. The predicted octanol–water partition coefficient (Wildman–Crippen LogP) is 1.73. The molecule has 0 spiro atoms. The maximum Gasteiger partial charge on any atom is 0.107 e. The summed E-state index contributed by atoms with van der Waals surface area (Å²) in [5.74, 6) is 2.36. The van der Waals surface area contributed by atoms with Gasteiger partial charge in [0.1, 0.15) is 5.76 Å². The van der Waals surface area contributed by atoms with Crippen molar-refractivity contribution in [2.75, 3.05) is 0 Å². The quantitative estimate of drug-likeness (QED) is 0.699. The van der Waals surface area contributed by atoms with Crippen LogP contribution in [0.25, 0.3) is 0 Å². The van der Waals surface area contributed by atoms with Crippen LogP contribution in [0.3, 0.4) is 0 Å². The summed E-state index contributed by atoms with van der Waals surface area (Å²) in [6, 6.07) is 4.28. The highest BCUT2D eigenvalue weighted by Crippen LogP contribution is 2.48. The molecule has 0 unspecified atom stereocenters. The zero-order valence-corrected chi connectivity index (χ0v) is 6.66. The minimum Gasteiger partial charge on any atom is -0.469 e. The number of nitrogens with two attached hydrogens (primary N) is 1. The van der Waals surface area contributed by atoms with Crippen LogP contribution in [-0.2, 0) is 0 Å². The van der Waals surface area contributed by atoms with Gasteiger partial charge in [-0.15, -0.1) is 0 Å². The van der Waals surface area contributed by atoms with Gasteiger partial charge in [-0.1, -0.05) is 0 Å². The smallest absolute Gasteiger partial charge is 0.107 e. The van der Waals surface area contributed by atoms with Gasteiger partial charge in [0, 0.05) is 12.0 Å². The highest BCUT2D eigenvalue weighted by Gasteiger charge is 2.42. The molecule has 0 saturated heterocycles.